The van der Waals surface area contributed by atoms with Gasteiger partial charge in [-0.1, -0.05) is 18.5 Å². The highest BCUT2D eigenvalue weighted by atomic mass is 16.5. The highest BCUT2D eigenvalue weighted by Crippen LogP contribution is 2.38. The van der Waals surface area contributed by atoms with Gasteiger partial charge in [0, 0.05) is 12.3 Å². The van der Waals surface area contributed by atoms with Crippen LogP contribution in [0.15, 0.2) is 4.52 Å². The standard InChI is InChI=1S/C16H27N3O/c1-2-12-3-5-14(11-12)16-18-15(20-19-16)6-4-13-7-9-17-10-8-13/h12-14,17H,2-11H2,1H3. The largest absolute Gasteiger partial charge is 0.339 e. The van der Waals surface area contributed by atoms with Crippen LogP contribution in [-0.4, -0.2) is 23.2 Å². The van der Waals surface area contributed by atoms with E-state index in [1.54, 1.807) is 0 Å². The van der Waals surface area contributed by atoms with E-state index in [0.717, 1.165) is 30.0 Å². The number of aryl methyl sites for hydroxylation is 1. The van der Waals surface area contributed by atoms with Crippen molar-refractivity contribution in [2.75, 3.05) is 13.1 Å². The summed E-state index contributed by atoms with van der Waals surface area (Å²) >= 11 is 0. The summed E-state index contributed by atoms with van der Waals surface area (Å²) in [6, 6.07) is 0. The van der Waals surface area contributed by atoms with E-state index in [1.807, 2.05) is 0 Å². The van der Waals surface area contributed by atoms with E-state index in [9.17, 15) is 0 Å². The smallest absolute Gasteiger partial charge is 0.226 e. The SMILES string of the molecule is CCC1CCC(c2noc(CCC3CCNCC3)n2)C1. The Morgan fingerprint density at radius 2 is 2.00 bits per heavy atom. The van der Waals surface area contributed by atoms with Crippen LogP contribution in [0, 0.1) is 11.8 Å². The van der Waals surface area contributed by atoms with Crippen LogP contribution in [0.5, 0.6) is 0 Å². The molecule has 2 aliphatic rings. The van der Waals surface area contributed by atoms with Crippen LogP contribution in [0.2, 0.25) is 0 Å². The predicted octanol–water partition coefficient (Wildman–Crippen LogP) is 3.30. The molecule has 2 heterocycles. The summed E-state index contributed by atoms with van der Waals surface area (Å²) in [5, 5.41) is 7.64. The first-order valence-corrected chi connectivity index (χ1v) is 8.38. The molecule has 0 amide bonds. The van der Waals surface area contributed by atoms with E-state index < -0.39 is 0 Å². The van der Waals surface area contributed by atoms with Crippen molar-refractivity contribution in [3.05, 3.63) is 11.7 Å². The zero-order chi connectivity index (χ0) is 13.8. The second-order valence-corrected chi connectivity index (χ2v) is 6.56. The zero-order valence-corrected chi connectivity index (χ0v) is 12.6. The maximum absolute atomic E-state index is 5.46. The highest BCUT2D eigenvalue weighted by molar-refractivity contribution is 4.99. The van der Waals surface area contributed by atoms with Crippen LogP contribution in [0.25, 0.3) is 0 Å². The molecular weight excluding hydrogens is 250 g/mol. The highest BCUT2D eigenvalue weighted by Gasteiger charge is 2.28. The molecule has 4 nitrogen and oxygen atoms in total. The van der Waals surface area contributed by atoms with Gasteiger partial charge in [-0.3, -0.25) is 0 Å². The molecule has 2 fully saturated rings. The van der Waals surface area contributed by atoms with Crippen LogP contribution in [0.1, 0.15) is 69.5 Å². The van der Waals surface area contributed by atoms with Gasteiger partial charge in [-0.05, 0) is 63.5 Å². The summed E-state index contributed by atoms with van der Waals surface area (Å²) in [5.41, 5.74) is 0. The third kappa shape index (κ3) is 3.40. The van der Waals surface area contributed by atoms with Crippen molar-refractivity contribution in [3.8, 4) is 0 Å². The Morgan fingerprint density at radius 3 is 2.75 bits per heavy atom. The molecule has 1 aliphatic carbocycles. The zero-order valence-electron chi connectivity index (χ0n) is 12.6. The van der Waals surface area contributed by atoms with Crippen molar-refractivity contribution >= 4 is 0 Å². The first kappa shape index (κ1) is 14.1. The molecule has 3 rings (SSSR count). The lowest BCUT2D eigenvalue weighted by atomic mass is 9.93. The van der Waals surface area contributed by atoms with Gasteiger partial charge in [0.2, 0.25) is 5.89 Å². The molecule has 0 aromatic carbocycles. The average molecular weight is 277 g/mol. The molecular formula is C16H27N3O. The van der Waals surface area contributed by atoms with Gasteiger partial charge in [0.15, 0.2) is 5.82 Å². The second-order valence-electron chi connectivity index (χ2n) is 6.56. The molecule has 1 aromatic heterocycles. The van der Waals surface area contributed by atoms with Gasteiger partial charge in [-0.15, -0.1) is 0 Å². The predicted molar refractivity (Wildman–Crippen MR) is 78.6 cm³/mol. The number of piperidine rings is 1. The summed E-state index contributed by atoms with van der Waals surface area (Å²) in [6.45, 7) is 4.62. The number of nitrogens with zero attached hydrogens (tertiary/aromatic N) is 2. The molecule has 0 bridgehead atoms. The number of hydrogen-bond acceptors (Lipinski definition) is 4. The van der Waals surface area contributed by atoms with Crippen LogP contribution in [0.4, 0.5) is 0 Å². The number of aromatic nitrogens is 2. The maximum Gasteiger partial charge on any atom is 0.226 e. The topological polar surface area (TPSA) is 51.0 Å². The van der Waals surface area contributed by atoms with E-state index in [2.05, 4.69) is 22.4 Å². The average Bonchev–Trinajstić information content (AvgIpc) is 3.15. The molecule has 0 radical (unpaired) electrons. The van der Waals surface area contributed by atoms with E-state index in [0.29, 0.717) is 5.92 Å². The van der Waals surface area contributed by atoms with Crippen molar-refractivity contribution in [2.45, 2.75) is 64.2 Å². The van der Waals surface area contributed by atoms with Crippen LogP contribution in [-0.2, 0) is 6.42 Å². The second kappa shape index (κ2) is 6.70. The molecule has 2 unspecified atom stereocenters. The van der Waals surface area contributed by atoms with E-state index in [4.69, 9.17) is 4.52 Å². The lowest BCUT2D eigenvalue weighted by Crippen LogP contribution is -2.27. The van der Waals surface area contributed by atoms with Crippen molar-refractivity contribution in [1.82, 2.24) is 15.5 Å². The first-order valence-electron chi connectivity index (χ1n) is 8.38. The Hall–Kier alpha value is -0.900. The Balaban J connectivity index is 1.49. The van der Waals surface area contributed by atoms with E-state index in [-0.39, 0.29) is 0 Å². The van der Waals surface area contributed by atoms with Gasteiger partial charge in [0.05, 0.1) is 0 Å². The van der Waals surface area contributed by atoms with Gasteiger partial charge in [-0.25, -0.2) is 0 Å². The lowest BCUT2D eigenvalue weighted by molar-refractivity contribution is 0.322. The molecule has 0 spiro atoms. The van der Waals surface area contributed by atoms with Crippen LogP contribution in [0.3, 0.4) is 0 Å². The van der Waals surface area contributed by atoms with Crippen molar-refractivity contribution < 1.29 is 4.52 Å². The lowest BCUT2D eigenvalue weighted by Gasteiger charge is -2.21. The molecule has 4 heteroatoms. The molecule has 1 aliphatic heterocycles. The monoisotopic (exact) mass is 277 g/mol. The van der Waals surface area contributed by atoms with E-state index in [1.165, 1.54) is 58.0 Å². The number of rotatable bonds is 5. The third-order valence-corrected chi connectivity index (χ3v) is 5.19. The van der Waals surface area contributed by atoms with E-state index >= 15 is 0 Å². The fraction of sp³-hybridized carbons (Fsp3) is 0.875. The van der Waals surface area contributed by atoms with Crippen molar-refractivity contribution in [3.63, 3.8) is 0 Å². The Kier molecular flexibility index (Phi) is 4.71. The van der Waals surface area contributed by atoms with Gasteiger partial charge in [-0.2, -0.15) is 4.98 Å². The molecule has 1 N–H and O–H groups in total. The minimum Gasteiger partial charge on any atom is -0.339 e. The number of nitrogens with one attached hydrogen (secondary N) is 1. The van der Waals surface area contributed by atoms with Gasteiger partial charge >= 0.3 is 0 Å². The molecule has 1 saturated heterocycles. The summed E-state index contributed by atoms with van der Waals surface area (Å²) in [7, 11) is 0. The van der Waals surface area contributed by atoms with Gasteiger partial charge in [0.1, 0.15) is 0 Å². The Morgan fingerprint density at radius 1 is 1.15 bits per heavy atom. The number of hydrogen-bond donors (Lipinski definition) is 1. The van der Waals surface area contributed by atoms with Crippen LogP contribution < -0.4 is 5.32 Å². The quantitative estimate of drug-likeness (QED) is 0.897. The summed E-state index contributed by atoms with van der Waals surface area (Å²) in [5.74, 6) is 4.09. The Bertz CT molecular complexity index is 412. The van der Waals surface area contributed by atoms with Crippen LogP contribution >= 0.6 is 0 Å². The Labute approximate surface area is 121 Å². The molecule has 20 heavy (non-hydrogen) atoms. The van der Waals surface area contributed by atoms with Crippen molar-refractivity contribution in [1.29, 1.82) is 0 Å². The molecule has 112 valence electrons. The minimum atomic E-state index is 0.552. The summed E-state index contributed by atoms with van der Waals surface area (Å²) in [4.78, 5) is 4.65. The normalized spacial score (nSPS) is 28.1. The minimum absolute atomic E-state index is 0.552. The fourth-order valence-corrected chi connectivity index (χ4v) is 3.71. The molecule has 1 saturated carbocycles. The fourth-order valence-electron chi connectivity index (χ4n) is 3.71. The van der Waals surface area contributed by atoms with Gasteiger partial charge in [0.25, 0.3) is 0 Å². The first-order chi connectivity index (χ1) is 9.85. The maximum atomic E-state index is 5.46. The summed E-state index contributed by atoms with van der Waals surface area (Å²) < 4.78 is 5.46. The third-order valence-electron chi connectivity index (χ3n) is 5.19. The summed E-state index contributed by atoms with van der Waals surface area (Å²) in [6.07, 6.45) is 9.86. The van der Waals surface area contributed by atoms with Gasteiger partial charge < -0.3 is 9.84 Å². The molecule has 1 aromatic rings. The molecule has 2 atom stereocenters. The van der Waals surface area contributed by atoms with Crippen molar-refractivity contribution in [2.24, 2.45) is 11.8 Å².